The number of hydrogen-bond acceptors (Lipinski definition) is 6. The van der Waals surface area contributed by atoms with Crippen molar-refractivity contribution < 1.29 is 14.3 Å². The van der Waals surface area contributed by atoms with Gasteiger partial charge in [-0.15, -0.1) is 23.1 Å². The van der Waals surface area contributed by atoms with Gasteiger partial charge in [-0.05, 0) is 18.3 Å². The van der Waals surface area contributed by atoms with E-state index in [1.807, 2.05) is 11.6 Å². The van der Waals surface area contributed by atoms with Crippen LogP contribution in [0.2, 0.25) is 0 Å². The lowest BCUT2D eigenvalue weighted by Gasteiger charge is -2.12. The van der Waals surface area contributed by atoms with E-state index in [2.05, 4.69) is 4.98 Å². The zero-order valence-corrected chi connectivity index (χ0v) is 12.6. The molecule has 1 aliphatic carbocycles. The molecular weight excluding hydrogens is 296 g/mol. The molecule has 1 fully saturated rings. The number of esters is 1. The molecule has 0 aromatic carbocycles. The summed E-state index contributed by atoms with van der Waals surface area (Å²) >= 11 is 3.07. The molecule has 7 heteroatoms. The van der Waals surface area contributed by atoms with Crippen LogP contribution in [0.15, 0.2) is 16.6 Å². The first-order chi connectivity index (χ1) is 9.67. The molecule has 106 valence electrons. The second-order valence-electron chi connectivity index (χ2n) is 5.02. The third-order valence-electron chi connectivity index (χ3n) is 3.60. The molecule has 3 rings (SSSR count). The Morgan fingerprint density at radius 1 is 1.65 bits per heavy atom. The third-order valence-corrected chi connectivity index (χ3v) is 5.68. The number of methoxy groups -OCH3 is 1. The first-order valence-corrected chi connectivity index (χ1v) is 8.14. The Bertz CT molecular complexity index is 658. The van der Waals surface area contributed by atoms with Crippen LogP contribution >= 0.6 is 23.1 Å². The minimum absolute atomic E-state index is 0.0367. The minimum atomic E-state index is -0.162. The van der Waals surface area contributed by atoms with Crippen molar-refractivity contribution in [2.24, 2.45) is 5.41 Å². The monoisotopic (exact) mass is 310 g/mol. The van der Waals surface area contributed by atoms with Gasteiger partial charge in [-0.3, -0.25) is 14.0 Å². The highest BCUT2D eigenvalue weighted by atomic mass is 32.2. The molecule has 1 saturated carbocycles. The third kappa shape index (κ3) is 2.47. The van der Waals surface area contributed by atoms with Crippen LogP contribution in [0.4, 0.5) is 0 Å². The zero-order valence-electron chi connectivity index (χ0n) is 11.0. The summed E-state index contributed by atoms with van der Waals surface area (Å²) in [5.74, 6) is 0.637. The molecule has 2 heterocycles. The van der Waals surface area contributed by atoms with E-state index in [1.54, 1.807) is 16.2 Å². The number of fused-ring (bicyclic) bond motifs is 1. The number of carbonyl (C=O) groups excluding carboxylic acids is 2. The van der Waals surface area contributed by atoms with Gasteiger partial charge in [0.05, 0.1) is 13.5 Å². The average molecular weight is 310 g/mol. The van der Waals surface area contributed by atoms with Crippen molar-refractivity contribution >= 4 is 40.3 Å². The van der Waals surface area contributed by atoms with Gasteiger partial charge in [-0.25, -0.2) is 4.98 Å². The molecule has 0 unspecified atom stereocenters. The van der Waals surface area contributed by atoms with E-state index in [-0.39, 0.29) is 11.4 Å². The molecule has 0 N–H and O–H groups in total. The maximum atomic E-state index is 11.4. The van der Waals surface area contributed by atoms with Crippen LogP contribution in [-0.2, 0) is 9.53 Å². The minimum Gasteiger partial charge on any atom is -0.469 e. The molecule has 5 nitrogen and oxygen atoms in total. The normalized spacial score (nSPS) is 16.2. The number of rotatable bonds is 6. The smallest absolute Gasteiger partial charge is 0.306 e. The van der Waals surface area contributed by atoms with E-state index in [4.69, 9.17) is 4.74 Å². The predicted molar refractivity (Wildman–Crippen MR) is 77.5 cm³/mol. The predicted octanol–water partition coefficient (Wildman–Crippen LogP) is 2.64. The van der Waals surface area contributed by atoms with Crippen molar-refractivity contribution in [3.8, 4) is 0 Å². The number of aldehydes is 1. The Morgan fingerprint density at radius 2 is 2.45 bits per heavy atom. The van der Waals surface area contributed by atoms with Crippen LogP contribution in [0.1, 0.15) is 29.8 Å². The lowest BCUT2D eigenvalue weighted by atomic mass is 10.1. The van der Waals surface area contributed by atoms with Crippen molar-refractivity contribution in [1.82, 2.24) is 9.38 Å². The largest absolute Gasteiger partial charge is 0.469 e. The number of hydrogen-bond donors (Lipinski definition) is 0. The zero-order chi connectivity index (χ0) is 14.2. The van der Waals surface area contributed by atoms with Crippen molar-refractivity contribution in [3.05, 3.63) is 17.3 Å². The quantitative estimate of drug-likeness (QED) is 0.466. The number of aromatic nitrogens is 2. The van der Waals surface area contributed by atoms with E-state index in [0.29, 0.717) is 12.1 Å². The number of imidazole rings is 1. The highest BCUT2D eigenvalue weighted by Crippen LogP contribution is 2.52. The van der Waals surface area contributed by atoms with E-state index in [0.717, 1.165) is 34.9 Å². The number of ether oxygens (including phenoxy) is 1. The molecule has 0 spiro atoms. The molecule has 0 saturated heterocycles. The maximum absolute atomic E-state index is 11.4. The molecule has 2 aromatic heterocycles. The fourth-order valence-electron chi connectivity index (χ4n) is 2.15. The van der Waals surface area contributed by atoms with Crippen molar-refractivity contribution in [3.63, 3.8) is 0 Å². The van der Waals surface area contributed by atoms with Crippen LogP contribution in [0.5, 0.6) is 0 Å². The van der Waals surface area contributed by atoms with Gasteiger partial charge in [-0.2, -0.15) is 0 Å². The number of thioether (sulfide) groups is 1. The van der Waals surface area contributed by atoms with Gasteiger partial charge in [-0.1, -0.05) is 0 Å². The Morgan fingerprint density at radius 3 is 3.10 bits per heavy atom. The van der Waals surface area contributed by atoms with E-state index < -0.39 is 0 Å². The van der Waals surface area contributed by atoms with Crippen molar-refractivity contribution in [1.29, 1.82) is 0 Å². The van der Waals surface area contributed by atoms with Gasteiger partial charge in [0.15, 0.2) is 11.2 Å². The lowest BCUT2D eigenvalue weighted by Crippen LogP contribution is -2.13. The van der Waals surface area contributed by atoms with Crippen LogP contribution < -0.4 is 0 Å². The highest BCUT2D eigenvalue weighted by molar-refractivity contribution is 7.99. The molecule has 0 atom stereocenters. The maximum Gasteiger partial charge on any atom is 0.306 e. The van der Waals surface area contributed by atoms with Gasteiger partial charge in [0.25, 0.3) is 0 Å². The van der Waals surface area contributed by atoms with Gasteiger partial charge < -0.3 is 4.74 Å². The van der Waals surface area contributed by atoms with Crippen molar-refractivity contribution in [2.45, 2.75) is 24.3 Å². The molecule has 0 aliphatic heterocycles. The number of carbonyl (C=O) groups is 2. The summed E-state index contributed by atoms with van der Waals surface area (Å²) in [6.07, 6.45) is 5.22. The summed E-state index contributed by atoms with van der Waals surface area (Å²) in [5.41, 5.74) is 0.634. The van der Waals surface area contributed by atoms with Gasteiger partial charge in [0.1, 0.15) is 10.7 Å². The van der Waals surface area contributed by atoms with Crippen LogP contribution in [0.3, 0.4) is 0 Å². The highest BCUT2D eigenvalue weighted by Gasteiger charge is 2.44. The standard InChI is InChI=1S/C13H14N2O3S2/c1-18-10(17)6-13(2-3-13)8-20-11-9(7-16)15-4-5-19-12(15)14-11/h4-5,7H,2-3,6,8H2,1H3. The fraction of sp³-hybridized carbons (Fsp3) is 0.462. The Balaban J connectivity index is 1.72. The summed E-state index contributed by atoms with van der Waals surface area (Å²) in [6, 6.07) is 0. The fourth-order valence-corrected chi connectivity index (χ4v) is 4.20. The van der Waals surface area contributed by atoms with Crippen molar-refractivity contribution in [2.75, 3.05) is 12.9 Å². The lowest BCUT2D eigenvalue weighted by molar-refractivity contribution is -0.141. The van der Waals surface area contributed by atoms with E-state index in [1.165, 1.54) is 18.4 Å². The number of thiazole rings is 1. The van der Waals surface area contributed by atoms with Gasteiger partial charge in [0, 0.05) is 17.3 Å². The Labute approximate surface area is 124 Å². The molecule has 20 heavy (non-hydrogen) atoms. The van der Waals surface area contributed by atoms with Gasteiger partial charge >= 0.3 is 5.97 Å². The molecular formula is C13H14N2O3S2. The number of nitrogens with zero attached hydrogens (tertiary/aromatic N) is 2. The van der Waals surface area contributed by atoms with Crippen LogP contribution in [-0.4, -0.2) is 34.5 Å². The SMILES string of the molecule is COC(=O)CC1(CSc2nc3sccn3c2C=O)CC1. The second-order valence-corrected chi connectivity index (χ2v) is 6.85. The summed E-state index contributed by atoms with van der Waals surface area (Å²) in [6.45, 7) is 0. The van der Waals surface area contributed by atoms with E-state index >= 15 is 0 Å². The summed E-state index contributed by atoms with van der Waals surface area (Å²) in [5, 5.41) is 2.66. The second kappa shape index (κ2) is 5.21. The van der Waals surface area contributed by atoms with Crippen LogP contribution in [0, 0.1) is 5.41 Å². The molecule has 0 amide bonds. The Hall–Kier alpha value is -1.34. The molecule has 1 aliphatic rings. The van der Waals surface area contributed by atoms with Gasteiger partial charge in [0.2, 0.25) is 0 Å². The Kier molecular flexibility index (Phi) is 3.55. The summed E-state index contributed by atoms with van der Waals surface area (Å²) < 4.78 is 6.54. The average Bonchev–Trinajstić information content (AvgIpc) is 2.91. The van der Waals surface area contributed by atoms with E-state index in [9.17, 15) is 9.59 Å². The first-order valence-electron chi connectivity index (χ1n) is 6.28. The molecule has 0 bridgehead atoms. The summed E-state index contributed by atoms with van der Waals surface area (Å²) in [7, 11) is 1.42. The topological polar surface area (TPSA) is 60.7 Å². The first kappa shape index (κ1) is 13.6. The summed E-state index contributed by atoms with van der Waals surface area (Å²) in [4.78, 5) is 27.9. The molecule has 0 radical (unpaired) electrons. The van der Waals surface area contributed by atoms with Crippen LogP contribution in [0.25, 0.3) is 4.96 Å². The molecule has 2 aromatic rings.